The van der Waals surface area contributed by atoms with Crippen LogP contribution < -0.4 is 0 Å². The molecule has 0 radical (unpaired) electrons. The number of hydrogen-bond acceptors (Lipinski definition) is 2. The van der Waals surface area contributed by atoms with E-state index in [4.69, 9.17) is 5.11 Å². The first-order chi connectivity index (χ1) is 6.99. The molecule has 0 aromatic rings. The maximum atomic E-state index is 10.5. The molecule has 0 aromatic heterocycles. The van der Waals surface area contributed by atoms with E-state index in [1.54, 1.807) is 13.1 Å². The predicted octanol–water partition coefficient (Wildman–Crippen LogP) is 2.69. The molecule has 0 aliphatic heterocycles. The van der Waals surface area contributed by atoms with Crippen molar-refractivity contribution in [1.29, 1.82) is 0 Å². The highest BCUT2D eigenvalue weighted by molar-refractivity contribution is 5.83. The minimum atomic E-state index is -0.902. The Bertz CT molecular complexity index is 288. The lowest BCUT2D eigenvalue weighted by molar-refractivity contribution is -0.137. The summed E-state index contributed by atoms with van der Waals surface area (Å²) in [5, 5.41) is 8.66. The van der Waals surface area contributed by atoms with E-state index in [-0.39, 0.29) is 0 Å². The van der Waals surface area contributed by atoms with Gasteiger partial charge < -0.3 is 5.11 Å². The molecule has 0 spiro atoms. The lowest BCUT2D eigenvalue weighted by Crippen LogP contribution is -2.13. The maximum Gasteiger partial charge on any atom is 0.328 e. The van der Waals surface area contributed by atoms with Crippen LogP contribution in [0.2, 0.25) is 0 Å². The number of rotatable bonds is 5. The van der Waals surface area contributed by atoms with Crippen LogP contribution in [0.5, 0.6) is 0 Å². The highest BCUT2D eigenvalue weighted by atomic mass is 16.4. The molecular formula is C12H19NO2. The van der Waals surface area contributed by atoms with Gasteiger partial charge in [-0.05, 0) is 25.3 Å². The van der Waals surface area contributed by atoms with Crippen molar-refractivity contribution in [1.82, 2.24) is 0 Å². The summed E-state index contributed by atoms with van der Waals surface area (Å²) in [6, 6.07) is -0.683. The van der Waals surface area contributed by atoms with Crippen molar-refractivity contribution in [3.8, 4) is 0 Å². The van der Waals surface area contributed by atoms with E-state index in [0.29, 0.717) is 5.92 Å². The third kappa shape index (κ3) is 5.83. The van der Waals surface area contributed by atoms with Crippen molar-refractivity contribution in [3.05, 3.63) is 23.8 Å². The number of allylic oxidation sites excluding steroid dienone is 4. The summed E-state index contributed by atoms with van der Waals surface area (Å²) in [5.41, 5.74) is 1.03. The first kappa shape index (κ1) is 13.6. The lowest BCUT2D eigenvalue weighted by atomic mass is 10.0. The predicted molar refractivity (Wildman–Crippen MR) is 63.3 cm³/mol. The summed E-state index contributed by atoms with van der Waals surface area (Å²) in [7, 11) is 0. The van der Waals surface area contributed by atoms with E-state index >= 15 is 0 Å². The maximum absolute atomic E-state index is 10.5. The molecule has 15 heavy (non-hydrogen) atoms. The van der Waals surface area contributed by atoms with Gasteiger partial charge in [0, 0.05) is 6.21 Å². The summed E-state index contributed by atoms with van der Waals surface area (Å²) in [4.78, 5) is 14.5. The molecule has 1 atom stereocenters. The van der Waals surface area contributed by atoms with Gasteiger partial charge in [-0.2, -0.15) is 0 Å². The topological polar surface area (TPSA) is 49.7 Å². The number of carboxylic acids is 1. The molecule has 0 saturated carbocycles. The Morgan fingerprint density at radius 2 is 1.93 bits per heavy atom. The van der Waals surface area contributed by atoms with Gasteiger partial charge in [0.1, 0.15) is 6.04 Å². The second-order valence-electron chi connectivity index (χ2n) is 3.64. The van der Waals surface area contributed by atoms with Crippen molar-refractivity contribution >= 4 is 12.2 Å². The van der Waals surface area contributed by atoms with Gasteiger partial charge in [0.05, 0.1) is 0 Å². The van der Waals surface area contributed by atoms with Gasteiger partial charge in [0.2, 0.25) is 0 Å². The summed E-state index contributed by atoms with van der Waals surface area (Å²) < 4.78 is 0. The van der Waals surface area contributed by atoms with Crippen LogP contribution in [0.25, 0.3) is 0 Å². The number of carboxylic acid groups (broad SMARTS) is 1. The van der Waals surface area contributed by atoms with E-state index in [0.717, 1.165) is 5.57 Å². The molecule has 1 N–H and O–H groups in total. The quantitative estimate of drug-likeness (QED) is 0.559. The molecular weight excluding hydrogens is 190 g/mol. The van der Waals surface area contributed by atoms with Gasteiger partial charge in [-0.25, -0.2) is 4.79 Å². The van der Waals surface area contributed by atoms with E-state index in [2.05, 4.69) is 4.99 Å². The Labute approximate surface area is 91.2 Å². The number of nitrogens with zero attached hydrogens (tertiary/aromatic N) is 1. The van der Waals surface area contributed by atoms with Crippen molar-refractivity contribution in [3.63, 3.8) is 0 Å². The molecule has 0 saturated heterocycles. The minimum absolute atomic E-state index is 0.339. The van der Waals surface area contributed by atoms with E-state index in [1.807, 2.05) is 39.0 Å². The van der Waals surface area contributed by atoms with Crippen molar-refractivity contribution < 1.29 is 9.90 Å². The van der Waals surface area contributed by atoms with Gasteiger partial charge in [0.15, 0.2) is 0 Å². The van der Waals surface area contributed by atoms with Crippen LogP contribution in [0.1, 0.15) is 27.7 Å². The SMILES string of the molecule is C\C=C/C=C(/C=N/C(C)C(=O)O)C(C)C. The summed E-state index contributed by atoms with van der Waals surface area (Å²) in [5.74, 6) is -0.564. The molecule has 0 amide bonds. The first-order valence-electron chi connectivity index (χ1n) is 5.07. The van der Waals surface area contributed by atoms with Crippen LogP contribution in [0.3, 0.4) is 0 Å². The first-order valence-corrected chi connectivity index (χ1v) is 5.07. The molecule has 84 valence electrons. The molecule has 0 aliphatic rings. The molecule has 3 heteroatoms. The summed E-state index contributed by atoms with van der Waals surface area (Å²) in [6.07, 6.45) is 7.44. The smallest absolute Gasteiger partial charge is 0.328 e. The number of carbonyl (C=O) groups is 1. The van der Waals surface area contributed by atoms with Gasteiger partial charge in [-0.3, -0.25) is 4.99 Å². The fraction of sp³-hybridized carbons (Fsp3) is 0.500. The molecule has 0 fully saturated rings. The van der Waals surface area contributed by atoms with Crippen LogP contribution in [0.15, 0.2) is 28.8 Å². The van der Waals surface area contributed by atoms with Crippen LogP contribution in [-0.4, -0.2) is 23.3 Å². The average Bonchev–Trinajstić information content (AvgIpc) is 2.16. The second kappa shape index (κ2) is 6.98. The molecule has 0 aromatic carbocycles. The Morgan fingerprint density at radius 3 is 2.33 bits per heavy atom. The zero-order valence-corrected chi connectivity index (χ0v) is 9.77. The van der Waals surface area contributed by atoms with Gasteiger partial charge in [0.25, 0.3) is 0 Å². The molecule has 0 aliphatic carbocycles. The van der Waals surface area contributed by atoms with E-state index in [9.17, 15) is 4.79 Å². The lowest BCUT2D eigenvalue weighted by Gasteiger charge is -2.05. The van der Waals surface area contributed by atoms with Crippen molar-refractivity contribution in [2.45, 2.75) is 33.7 Å². The van der Waals surface area contributed by atoms with Crippen LogP contribution in [-0.2, 0) is 4.79 Å². The molecule has 0 bridgehead atoms. The Balaban J connectivity index is 4.62. The molecule has 3 nitrogen and oxygen atoms in total. The fourth-order valence-electron chi connectivity index (χ4n) is 0.854. The van der Waals surface area contributed by atoms with Crippen molar-refractivity contribution in [2.24, 2.45) is 10.9 Å². The average molecular weight is 209 g/mol. The van der Waals surface area contributed by atoms with Crippen molar-refractivity contribution in [2.75, 3.05) is 0 Å². The Hall–Kier alpha value is -1.38. The van der Waals surface area contributed by atoms with Crippen LogP contribution in [0, 0.1) is 5.92 Å². The van der Waals surface area contributed by atoms with Crippen LogP contribution in [0.4, 0.5) is 0 Å². The summed E-state index contributed by atoms with van der Waals surface area (Å²) in [6.45, 7) is 7.59. The second-order valence-corrected chi connectivity index (χ2v) is 3.64. The normalized spacial score (nSPS) is 15.4. The highest BCUT2D eigenvalue weighted by Crippen LogP contribution is 2.07. The molecule has 0 rings (SSSR count). The van der Waals surface area contributed by atoms with Gasteiger partial charge in [-0.1, -0.05) is 32.1 Å². The largest absolute Gasteiger partial charge is 0.480 e. The third-order valence-corrected chi connectivity index (χ3v) is 1.95. The highest BCUT2D eigenvalue weighted by Gasteiger charge is 2.07. The molecule has 1 unspecified atom stereocenters. The molecule has 0 heterocycles. The van der Waals surface area contributed by atoms with Gasteiger partial charge in [-0.15, -0.1) is 0 Å². The monoisotopic (exact) mass is 209 g/mol. The summed E-state index contributed by atoms with van der Waals surface area (Å²) >= 11 is 0. The van der Waals surface area contributed by atoms with E-state index in [1.165, 1.54) is 0 Å². The van der Waals surface area contributed by atoms with E-state index < -0.39 is 12.0 Å². The number of hydrogen-bond donors (Lipinski definition) is 1. The minimum Gasteiger partial charge on any atom is -0.480 e. The zero-order chi connectivity index (χ0) is 11.8. The standard InChI is InChI=1S/C12H19NO2/c1-5-6-7-11(9(2)3)8-13-10(4)12(14)15/h5-10H,1-4H3,(H,14,15)/b6-5-,11-7-,13-8+. The fourth-order valence-corrected chi connectivity index (χ4v) is 0.854. The van der Waals surface area contributed by atoms with Gasteiger partial charge >= 0.3 is 5.97 Å². The zero-order valence-electron chi connectivity index (χ0n) is 9.77. The third-order valence-electron chi connectivity index (χ3n) is 1.95. The Morgan fingerprint density at radius 1 is 1.33 bits per heavy atom. The number of aliphatic imine (C=N–C) groups is 1. The number of aliphatic carboxylic acids is 1. The Kier molecular flexibility index (Phi) is 6.34. The van der Waals surface area contributed by atoms with Crippen LogP contribution >= 0.6 is 0 Å².